The number of sulfonamides is 1. The minimum atomic E-state index is -4.05. The Morgan fingerprint density at radius 3 is 2.74 bits per heavy atom. The molecule has 1 unspecified atom stereocenters. The molecule has 0 radical (unpaired) electrons. The Balaban J connectivity index is 1.29. The molecule has 2 heterocycles. The number of carbonyl (C=O) groups is 1. The number of aryl methyl sites for hydroxylation is 1. The van der Waals surface area contributed by atoms with Crippen molar-refractivity contribution in [3.63, 3.8) is 0 Å². The average molecular weight is 627 g/mol. The summed E-state index contributed by atoms with van der Waals surface area (Å²) < 4.78 is 35.7. The van der Waals surface area contributed by atoms with E-state index in [1.807, 2.05) is 12.1 Å². The van der Waals surface area contributed by atoms with Crippen molar-refractivity contribution in [2.75, 3.05) is 24.6 Å². The van der Waals surface area contributed by atoms with E-state index < -0.39 is 33.4 Å². The van der Waals surface area contributed by atoms with Gasteiger partial charge in [-0.05, 0) is 111 Å². The van der Waals surface area contributed by atoms with Crippen LogP contribution in [0.4, 0.5) is 5.69 Å². The number of ether oxygens (including phenoxy) is 1. The molecule has 2 aromatic rings. The number of hydrogen-bond acceptors (Lipinski definition) is 7. The summed E-state index contributed by atoms with van der Waals surface area (Å²) in [4.78, 5) is 15.8. The molecule has 2 saturated carbocycles. The van der Waals surface area contributed by atoms with Crippen LogP contribution in [0.2, 0.25) is 5.02 Å². The van der Waals surface area contributed by atoms with E-state index in [0.29, 0.717) is 38.3 Å². The van der Waals surface area contributed by atoms with Crippen LogP contribution in [0.3, 0.4) is 0 Å². The highest BCUT2D eigenvalue weighted by molar-refractivity contribution is 7.90. The quantitative estimate of drug-likeness (QED) is 0.372. The van der Waals surface area contributed by atoms with Gasteiger partial charge in [0.15, 0.2) is 0 Å². The summed E-state index contributed by atoms with van der Waals surface area (Å²) in [7, 11) is -4.05. The lowest BCUT2D eigenvalue weighted by atomic mass is 9.68. The lowest BCUT2D eigenvalue weighted by Gasteiger charge is -2.45. The fraction of sp³-hybridized carbons (Fsp3) is 0.545. The van der Waals surface area contributed by atoms with Crippen LogP contribution in [0.1, 0.15) is 66.4 Å². The van der Waals surface area contributed by atoms with E-state index in [1.54, 1.807) is 24.3 Å². The monoisotopic (exact) mass is 626 g/mol. The number of aliphatic hydroxyl groups is 2. The summed E-state index contributed by atoms with van der Waals surface area (Å²) in [6.45, 7) is 1.85. The third-order valence-corrected chi connectivity index (χ3v) is 12.8. The molecule has 3 aliphatic carbocycles. The lowest BCUT2D eigenvalue weighted by molar-refractivity contribution is 0.0455. The first kappa shape index (κ1) is 29.1. The molecule has 3 N–H and O–H groups in total. The van der Waals surface area contributed by atoms with Crippen LogP contribution in [-0.2, 0) is 21.9 Å². The van der Waals surface area contributed by atoms with Crippen LogP contribution in [0.5, 0.6) is 5.75 Å². The second kappa shape index (κ2) is 11.1. The van der Waals surface area contributed by atoms with Gasteiger partial charge in [-0.2, -0.15) is 0 Å². The summed E-state index contributed by atoms with van der Waals surface area (Å²) in [6.07, 6.45) is 7.96. The van der Waals surface area contributed by atoms with Crippen LogP contribution in [0.25, 0.3) is 0 Å². The highest BCUT2D eigenvalue weighted by Gasteiger charge is 2.45. The molecule has 1 spiro atoms. The number of allylic oxidation sites excluding steroid dienone is 1. The average Bonchev–Trinajstić information content (AvgIpc) is 3.26. The Labute approximate surface area is 258 Å². The standard InChI is InChI=1S/C33H39ClN2O6S/c34-24-8-10-27-20(13-24)4-2-12-33(27)18-36-17-23-6-9-26(23)29(38)5-1-3-21-14-25(37)16-31(21)43(40,41)35-32(39)22-7-11-30(42-19-33)28(36)15-22/h1,5,7-8,10-11,13,15,21,23,25-26,29,31,37-38H,2-4,6,9,12,14,16-19H2,(H,35,39)/b5-1+/t21?,23-,25+,26+,29-,31+,33-/m0/s1. The molecule has 0 saturated heterocycles. The van der Waals surface area contributed by atoms with E-state index in [9.17, 15) is 23.4 Å². The van der Waals surface area contributed by atoms with Crippen molar-refractivity contribution in [1.29, 1.82) is 0 Å². The molecule has 5 aliphatic rings. The van der Waals surface area contributed by atoms with E-state index in [2.05, 4.69) is 21.8 Å². The second-order valence-electron chi connectivity index (χ2n) is 13.3. The van der Waals surface area contributed by atoms with Crippen LogP contribution in [-0.4, -0.2) is 61.7 Å². The molecule has 7 rings (SSSR count). The largest absolute Gasteiger partial charge is 0.490 e. The maximum absolute atomic E-state index is 13.5. The maximum atomic E-state index is 13.5. The fourth-order valence-corrected chi connectivity index (χ4v) is 10.2. The topological polar surface area (TPSA) is 116 Å². The van der Waals surface area contributed by atoms with Crippen molar-refractivity contribution < 1.29 is 28.2 Å². The SMILES string of the molecule is O=C1NS(=O)(=O)[C@@H]2C[C@H](O)CC2C/C=C/[C@H](O)[C@@H]2CC[C@H]2CN2C[C@@]3(CCCc4cc(Cl)ccc43)COc3ccc1cc32. The van der Waals surface area contributed by atoms with Gasteiger partial charge in [-0.25, -0.2) is 13.1 Å². The number of halogens is 1. The summed E-state index contributed by atoms with van der Waals surface area (Å²) in [5.41, 5.74) is 3.22. The van der Waals surface area contributed by atoms with Gasteiger partial charge in [0.1, 0.15) is 5.75 Å². The summed E-state index contributed by atoms with van der Waals surface area (Å²) in [5, 5.41) is 21.4. The normalized spacial score (nSPS) is 35.8. The first-order valence-electron chi connectivity index (χ1n) is 15.5. The van der Waals surface area contributed by atoms with E-state index in [1.165, 1.54) is 11.1 Å². The van der Waals surface area contributed by atoms with Gasteiger partial charge in [-0.3, -0.25) is 4.79 Å². The fourth-order valence-electron chi connectivity index (χ4n) is 8.29. The van der Waals surface area contributed by atoms with E-state index >= 15 is 0 Å². The number of anilines is 1. The van der Waals surface area contributed by atoms with Crippen LogP contribution >= 0.6 is 11.6 Å². The van der Waals surface area contributed by atoms with Gasteiger partial charge in [0, 0.05) is 29.1 Å². The zero-order valence-corrected chi connectivity index (χ0v) is 25.7. The molecule has 2 bridgehead atoms. The number of amides is 1. The van der Waals surface area contributed by atoms with E-state index in [4.69, 9.17) is 16.3 Å². The number of rotatable bonds is 0. The number of nitrogens with zero attached hydrogens (tertiary/aromatic N) is 1. The minimum absolute atomic E-state index is 0.0783. The molecule has 2 aromatic carbocycles. The Morgan fingerprint density at radius 1 is 1.07 bits per heavy atom. The molecule has 1 amide bonds. The molecule has 8 nitrogen and oxygen atoms in total. The Kier molecular flexibility index (Phi) is 7.51. The summed E-state index contributed by atoms with van der Waals surface area (Å²) in [6, 6.07) is 11.3. The van der Waals surface area contributed by atoms with Crippen LogP contribution in [0.15, 0.2) is 48.6 Å². The third kappa shape index (κ3) is 5.36. The molecule has 7 atom stereocenters. The van der Waals surface area contributed by atoms with Crippen molar-refractivity contribution >= 4 is 33.2 Å². The summed E-state index contributed by atoms with van der Waals surface area (Å²) >= 11 is 6.38. The molecule has 230 valence electrons. The van der Waals surface area contributed by atoms with E-state index in [0.717, 1.165) is 42.8 Å². The van der Waals surface area contributed by atoms with Gasteiger partial charge in [-0.15, -0.1) is 0 Å². The number of fused-ring (bicyclic) bond motifs is 5. The van der Waals surface area contributed by atoms with Crippen molar-refractivity contribution in [3.8, 4) is 5.75 Å². The van der Waals surface area contributed by atoms with Gasteiger partial charge < -0.3 is 19.8 Å². The number of nitrogens with one attached hydrogen (secondary N) is 1. The second-order valence-corrected chi connectivity index (χ2v) is 15.7. The van der Waals surface area contributed by atoms with Gasteiger partial charge in [0.05, 0.1) is 29.8 Å². The van der Waals surface area contributed by atoms with Crippen molar-refractivity contribution in [2.24, 2.45) is 17.8 Å². The Bertz CT molecular complexity index is 1560. The highest BCUT2D eigenvalue weighted by atomic mass is 35.5. The molecule has 2 aliphatic heterocycles. The van der Waals surface area contributed by atoms with Gasteiger partial charge in [0.2, 0.25) is 10.0 Å². The predicted octanol–water partition coefficient (Wildman–Crippen LogP) is 4.36. The van der Waals surface area contributed by atoms with Gasteiger partial charge >= 0.3 is 0 Å². The number of benzene rings is 2. The predicted molar refractivity (Wildman–Crippen MR) is 165 cm³/mol. The first-order valence-corrected chi connectivity index (χ1v) is 17.4. The van der Waals surface area contributed by atoms with E-state index in [-0.39, 0.29) is 35.2 Å². The Morgan fingerprint density at radius 2 is 1.93 bits per heavy atom. The zero-order valence-electron chi connectivity index (χ0n) is 24.1. The lowest BCUT2D eigenvalue weighted by Crippen LogP contribution is -2.49. The van der Waals surface area contributed by atoms with Crippen molar-refractivity contribution in [3.05, 3.63) is 70.3 Å². The number of aliphatic hydroxyl groups excluding tert-OH is 2. The third-order valence-electron chi connectivity index (χ3n) is 10.7. The van der Waals surface area contributed by atoms with Gasteiger partial charge in [0.25, 0.3) is 5.91 Å². The number of carbonyl (C=O) groups excluding carboxylic acids is 1. The van der Waals surface area contributed by atoms with Crippen LogP contribution in [0, 0.1) is 17.8 Å². The molecule has 43 heavy (non-hydrogen) atoms. The molecule has 0 aromatic heterocycles. The van der Waals surface area contributed by atoms with Gasteiger partial charge in [-0.1, -0.05) is 29.8 Å². The maximum Gasteiger partial charge on any atom is 0.264 e. The molecule has 10 heteroatoms. The number of hydrogen-bond donors (Lipinski definition) is 3. The highest BCUT2D eigenvalue weighted by Crippen LogP contribution is 2.47. The van der Waals surface area contributed by atoms with Crippen molar-refractivity contribution in [1.82, 2.24) is 4.72 Å². The molecular formula is C33H39ClN2O6S. The zero-order chi connectivity index (χ0) is 29.9. The van der Waals surface area contributed by atoms with Crippen LogP contribution < -0.4 is 14.4 Å². The summed E-state index contributed by atoms with van der Waals surface area (Å²) in [5.74, 6) is -0.0183. The molecular weight excluding hydrogens is 588 g/mol. The first-order chi connectivity index (χ1) is 20.6. The smallest absolute Gasteiger partial charge is 0.264 e. The minimum Gasteiger partial charge on any atom is -0.490 e. The Hall–Kier alpha value is -2.59. The van der Waals surface area contributed by atoms with Crippen molar-refractivity contribution in [2.45, 2.75) is 74.2 Å². The molecule has 2 fully saturated rings.